The molecule has 7 heteroatoms. The molecule has 1 N–H and O–H groups in total. The minimum Gasteiger partial charge on any atom is -0.486 e. The van der Waals surface area contributed by atoms with E-state index in [9.17, 15) is 4.79 Å². The number of carbonyl (C=O) groups is 1. The predicted octanol–water partition coefficient (Wildman–Crippen LogP) is 1.48. The third-order valence-corrected chi connectivity index (χ3v) is 4.14. The molecule has 0 bridgehead atoms. The average molecular weight is 357 g/mol. The third-order valence-electron chi connectivity index (χ3n) is 4.14. The minimum atomic E-state index is -0.142. The summed E-state index contributed by atoms with van der Waals surface area (Å²) in [5.74, 6) is 1.54. The van der Waals surface area contributed by atoms with Crippen molar-refractivity contribution in [1.82, 2.24) is 10.2 Å². The Morgan fingerprint density at radius 1 is 1.29 bits per heavy atom. The first-order valence-corrected chi connectivity index (χ1v) is 8.17. The van der Waals surface area contributed by atoms with Gasteiger partial charge in [0.05, 0.1) is 19.2 Å². The van der Waals surface area contributed by atoms with E-state index in [4.69, 9.17) is 14.2 Å². The van der Waals surface area contributed by atoms with Crippen LogP contribution in [-0.2, 0) is 9.53 Å². The number of rotatable bonds is 6. The molecule has 2 aliphatic rings. The van der Waals surface area contributed by atoms with Crippen LogP contribution in [0.4, 0.5) is 0 Å². The fourth-order valence-electron chi connectivity index (χ4n) is 2.84. The van der Waals surface area contributed by atoms with E-state index in [-0.39, 0.29) is 30.5 Å². The molecular weight excluding hydrogens is 332 g/mol. The second-order valence-corrected chi connectivity index (χ2v) is 6.04. The van der Waals surface area contributed by atoms with Crippen LogP contribution < -0.4 is 14.8 Å². The number of ether oxygens (including phenoxy) is 3. The van der Waals surface area contributed by atoms with Gasteiger partial charge in [-0.3, -0.25) is 4.79 Å². The summed E-state index contributed by atoms with van der Waals surface area (Å²) >= 11 is 0. The zero-order valence-corrected chi connectivity index (χ0v) is 14.7. The van der Waals surface area contributed by atoms with Crippen molar-refractivity contribution in [3.8, 4) is 11.5 Å². The quantitative estimate of drug-likeness (QED) is 0.836. The average Bonchev–Trinajstić information content (AvgIpc) is 3.08. The Kier molecular flexibility index (Phi) is 7.15. The van der Waals surface area contributed by atoms with Gasteiger partial charge in [-0.15, -0.1) is 12.4 Å². The van der Waals surface area contributed by atoms with Crippen molar-refractivity contribution < 1.29 is 19.0 Å². The largest absolute Gasteiger partial charge is 0.486 e. The van der Waals surface area contributed by atoms with Crippen LogP contribution in [0, 0.1) is 0 Å². The van der Waals surface area contributed by atoms with E-state index in [1.807, 2.05) is 24.3 Å². The Bertz CT molecular complexity index is 537. The van der Waals surface area contributed by atoms with Gasteiger partial charge in [-0.25, -0.2) is 0 Å². The minimum absolute atomic E-state index is 0. The molecule has 2 aliphatic heterocycles. The molecule has 3 rings (SSSR count). The van der Waals surface area contributed by atoms with Crippen LogP contribution in [0.1, 0.15) is 12.8 Å². The van der Waals surface area contributed by atoms with E-state index in [0.29, 0.717) is 19.7 Å². The SMILES string of the molecule is CN(CC1COc2ccccc2O1)C(=O)CNCC1CCCO1.Cl. The molecule has 1 aromatic carbocycles. The monoisotopic (exact) mass is 356 g/mol. The van der Waals surface area contributed by atoms with E-state index in [2.05, 4.69) is 5.32 Å². The number of likely N-dealkylation sites (N-methyl/N-ethyl adjacent to an activating group) is 1. The van der Waals surface area contributed by atoms with E-state index in [0.717, 1.165) is 37.5 Å². The Labute approximate surface area is 148 Å². The first-order valence-electron chi connectivity index (χ1n) is 8.17. The summed E-state index contributed by atoms with van der Waals surface area (Å²) in [6.45, 7) is 2.85. The van der Waals surface area contributed by atoms with E-state index < -0.39 is 0 Å². The third kappa shape index (κ3) is 5.00. The lowest BCUT2D eigenvalue weighted by Gasteiger charge is -2.29. The molecule has 6 nitrogen and oxygen atoms in total. The van der Waals surface area contributed by atoms with Crippen LogP contribution in [0.2, 0.25) is 0 Å². The molecule has 24 heavy (non-hydrogen) atoms. The van der Waals surface area contributed by atoms with Crippen molar-refractivity contribution in [3.05, 3.63) is 24.3 Å². The highest BCUT2D eigenvalue weighted by Crippen LogP contribution is 2.30. The maximum Gasteiger partial charge on any atom is 0.236 e. The molecule has 0 aromatic heterocycles. The van der Waals surface area contributed by atoms with Crippen molar-refractivity contribution in [2.75, 3.05) is 39.9 Å². The highest BCUT2D eigenvalue weighted by atomic mass is 35.5. The van der Waals surface area contributed by atoms with Crippen LogP contribution >= 0.6 is 12.4 Å². The fraction of sp³-hybridized carbons (Fsp3) is 0.588. The number of nitrogens with zero attached hydrogens (tertiary/aromatic N) is 1. The normalized spacial score (nSPS) is 21.9. The van der Waals surface area contributed by atoms with Gasteiger partial charge >= 0.3 is 0 Å². The standard InChI is InChI=1S/C17H24N2O4.ClH/c1-19(17(20)10-18-9-13-5-4-8-21-13)11-14-12-22-15-6-2-3-7-16(15)23-14;/h2-3,6-7,13-14,18H,4-5,8-12H2,1H3;1H. The molecule has 2 unspecified atom stereocenters. The number of para-hydroxylation sites is 2. The van der Waals surface area contributed by atoms with Crippen molar-refractivity contribution in [2.45, 2.75) is 25.0 Å². The van der Waals surface area contributed by atoms with E-state index in [1.165, 1.54) is 0 Å². The first-order chi connectivity index (χ1) is 11.2. The van der Waals surface area contributed by atoms with Gasteiger partial charge in [0.1, 0.15) is 6.61 Å². The summed E-state index contributed by atoms with van der Waals surface area (Å²) in [6.07, 6.45) is 2.29. The lowest BCUT2D eigenvalue weighted by Crippen LogP contribution is -2.45. The molecule has 2 heterocycles. The van der Waals surface area contributed by atoms with Crippen LogP contribution in [-0.4, -0.2) is 62.9 Å². The molecule has 0 spiro atoms. The van der Waals surface area contributed by atoms with Gasteiger partial charge in [-0.1, -0.05) is 12.1 Å². The van der Waals surface area contributed by atoms with Gasteiger partial charge in [0.15, 0.2) is 17.6 Å². The summed E-state index contributed by atoms with van der Waals surface area (Å²) < 4.78 is 17.1. The van der Waals surface area contributed by atoms with Crippen molar-refractivity contribution in [2.24, 2.45) is 0 Å². The number of amides is 1. The maximum atomic E-state index is 12.2. The van der Waals surface area contributed by atoms with Crippen LogP contribution in [0.15, 0.2) is 24.3 Å². The van der Waals surface area contributed by atoms with Crippen molar-refractivity contribution in [1.29, 1.82) is 0 Å². The van der Waals surface area contributed by atoms with Crippen molar-refractivity contribution >= 4 is 18.3 Å². The van der Waals surface area contributed by atoms with Gasteiger partial charge in [0, 0.05) is 20.2 Å². The predicted molar refractivity (Wildman–Crippen MR) is 93.1 cm³/mol. The topological polar surface area (TPSA) is 60.0 Å². The molecule has 0 saturated carbocycles. The van der Waals surface area contributed by atoms with Crippen molar-refractivity contribution in [3.63, 3.8) is 0 Å². The van der Waals surface area contributed by atoms with Gasteiger partial charge < -0.3 is 24.4 Å². The molecule has 0 aliphatic carbocycles. The van der Waals surface area contributed by atoms with Gasteiger partial charge in [0.25, 0.3) is 0 Å². The number of hydrogen-bond donors (Lipinski definition) is 1. The maximum absolute atomic E-state index is 12.2. The van der Waals surface area contributed by atoms with Gasteiger partial charge in [-0.2, -0.15) is 0 Å². The molecule has 2 atom stereocenters. The Balaban J connectivity index is 0.00000208. The highest BCUT2D eigenvalue weighted by molar-refractivity contribution is 5.85. The number of fused-ring (bicyclic) bond motifs is 1. The Hall–Kier alpha value is -1.50. The summed E-state index contributed by atoms with van der Waals surface area (Å²) in [4.78, 5) is 13.8. The molecule has 1 fully saturated rings. The summed E-state index contributed by atoms with van der Waals surface area (Å²) in [5, 5.41) is 3.17. The smallest absolute Gasteiger partial charge is 0.236 e. The molecule has 0 radical (unpaired) electrons. The summed E-state index contributed by atoms with van der Waals surface area (Å²) in [5.41, 5.74) is 0. The number of nitrogens with one attached hydrogen (secondary N) is 1. The second-order valence-electron chi connectivity index (χ2n) is 6.04. The number of halogens is 1. The van der Waals surface area contributed by atoms with E-state index >= 15 is 0 Å². The number of carbonyl (C=O) groups excluding carboxylic acids is 1. The van der Waals surface area contributed by atoms with Crippen LogP contribution in [0.3, 0.4) is 0 Å². The fourth-order valence-corrected chi connectivity index (χ4v) is 2.84. The summed E-state index contributed by atoms with van der Waals surface area (Å²) in [6, 6.07) is 7.59. The summed E-state index contributed by atoms with van der Waals surface area (Å²) in [7, 11) is 1.79. The molecule has 1 aromatic rings. The van der Waals surface area contributed by atoms with Crippen LogP contribution in [0.5, 0.6) is 11.5 Å². The Morgan fingerprint density at radius 2 is 2.08 bits per heavy atom. The molecule has 134 valence electrons. The molecular formula is C17H25ClN2O4. The van der Waals surface area contributed by atoms with Gasteiger partial charge in [-0.05, 0) is 25.0 Å². The zero-order valence-electron chi connectivity index (χ0n) is 13.9. The lowest BCUT2D eigenvalue weighted by molar-refractivity contribution is -0.130. The second kappa shape index (κ2) is 9.11. The lowest BCUT2D eigenvalue weighted by atomic mass is 10.2. The Morgan fingerprint density at radius 3 is 2.83 bits per heavy atom. The highest BCUT2D eigenvalue weighted by Gasteiger charge is 2.23. The van der Waals surface area contributed by atoms with Crippen LogP contribution in [0.25, 0.3) is 0 Å². The first kappa shape index (κ1) is 18.8. The number of hydrogen-bond acceptors (Lipinski definition) is 5. The van der Waals surface area contributed by atoms with E-state index in [1.54, 1.807) is 11.9 Å². The number of benzene rings is 1. The molecule has 1 amide bonds. The van der Waals surface area contributed by atoms with Gasteiger partial charge in [0.2, 0.25) is 5.91 Å². The zero-order chi connectivity index (χ0) is 16.1. The molecule has 1 saturated heterocycles.